The second kappa shape index (κ2) is 9.80. The zero-order valence-corrected chi connectivity index (χ0v) is 15.1. The third-order valence-corrected chi connectivity index (χ3v) is 3.41. The number of carbonyl (C=O) groups excluding carboxylic acids is 2. The van der Waals surface area contributed by atoms with Crippen molar-refractivity contribution in [1.29, 1.82) is 0 Å². The molecule has 136 valence electrons. The molecule has 2 amide bonds. The molecule has 4 N–H and O–H groups in total. The summed E-state index contributed by atoms with van der Waals surface area (Å²) in [4.78, 5) is 23.7. The molecule has 7 nitrogen and oxygen atoms in total. The maximum Gasteiger partial charge on any atom is 0.243 e. The van der Waals surface area contributed by atoms with Gasteiger partial charge in [-0.15, -0.1) is 12.4 Å². The highest BCUT2D eigenvalue weighted by molar-refractivity contribution is 5.95. The lowest BCUT2D eigenvalue weighted by Gasteiger charge is -2.14. The second-order valence-electron chi connectivity index (χ2n) is 6.00. The topological polar surface area (TPSA) is 102 Å². The molecule has 2 rings (SSSR count). The zero-order valence-electron chi connectivity index (χ0n) is 14.3. The van der Waals surface area contributed by atoms with E-state index in [9.17, 15) is 9.59 Å². The third kappa shape index (κ3) is 6.56. The number of rotatable bonds is 7. The zero-order chi connectivity index (χ0) is 17.5. The Morgan fingerprint density at radius 3 is 2.48 bits per heavy atom. The van der Waals surface area contributed by atoms with E-state index in [1.165, 1.54) is 0 Å². The summed E-state index contributed by atoms with van der Waals surface area (Å²) in [6.45, 7) is 3.88. The van der Waals surface area contributed by atoms with Gasteiger partial charge in [-0.3, -0.25) is 9.59 Å². The van der Waals surface area contributed by atoms with E-state index in [1.807, 2.05) is 38.2 Å². The summed E-state index contributed by atoms with van der Waals surface area (Å²) >= 11 is 0. The van der Waals surface area contributed by atoms with Crippen molar-refractivity contribution < 1.29 is 9.59 Å². The number of anilines is 1. The van der Waals surface area contributed by atoms with Gasteiger partial charge in [-0.25, -0.2) is 4.68 Å². The Labute approximate surface area is 153 Å². The highest BCUT2D eigenvalue weighted by atomic mass is 35.5. The Balaban J connectivity index is 0.00000312. The number of halogens is 1. The first-order chi connectivity index (χ1) is 11.5. The van der Waals surface area contributed by atoms with E-state index in [4.69, 9.17) is 5.73 Å². The largest absolute Gasteiger partial charge is 0.346 e. The van der Waals surface area contributed by atoms with Crippen LogP contribution in [-0.2, 0) is 9.59 Å². The van der Waals surface area contributed by atoms with Crippen LogP contribution in [0.15, 0.2) is 42.7 Å². The van der Waals surface area contributed by atoms with Crippen molar-refractivity contribution in [2.75, 3.05) is 11.9 Å². The van der Waals surface area contributed by atoms with Gasteiger partial charge in [0.2, 0.25) is 11.8 Å². The molecular formula is C17H24ClN5O2. The van der Waals surface area contributed by atoms with Crippen LogP contribution in [0.3, 0.4) is 0 Å². The number of benzene rings is 1. The summed E-state index contributed by atoms with van der Waals surface area (Å²) in [6, 6.07) is 8.50. The van der Waals surface area contributed by atoms with Gasteiger partial charge in [0.15, 0.2) is 0 Å². The number of carbonyl (C=O) groups is 2. The van der Waals surface area contributed by atoms with Gasteiger partial charge in [-0.2, -0.15) is 5.10 Å². The molecule has 0 radical (unpaired) electrons. The summed E-state index contributed by atoms with van der Waals surface area (Å²) < 4.78 is 1.72. The van der Waals surface area contributed by atoms with Crippen molar-refractivity contribution in [2.24, 2.45) is 11.7 Å². The lowest BCUT2D eigenvalue weighted by molar-refractivity contribution is -0.125. The molecule has 0 bridgehead atoms. The van der Waals surface area contributed by atoms with E-state index in [0.29, 0.717) is 18.0 Å². The van der Waals surface area contributed by atoms with E-state index < -0.39 is 6.04 Å². The normalized spacial score (nSPS) is 11.5. The molecule has 0 unspecified atom stereocenters. The maximum absolute atomic E-state index is 11.9. The third-order valence-electron chi connectivity index (χ3n) is 3.41. The SMILES string of the molecule is CC(C)C[C@H](N)C(=O)NCC(=O)Nc1ccc(-n2cccn2)cc1.Cl. The number of hydrogen-bond donors (Lipinski definition) is 3. The quantitative estimate of drug-likeness (QED) is 0.695. The van der Waals surface area contributed by atoms with Crippen LogP contribution in [-0.4, -0.2) is 34.2 Å². The second-order valence-corrected chi connectivity index (χ2v) is 6.00. The average molecular weight is 366 g/mol. The van der Waals surface area contributed by atoms with Gasteiger partial charge in [0, 0.05) is 18.1 Å². The Hall–Kier alpha value is -2.38. The minimum absolute atomic E-state index is 0. The smallest absolute Gasteiger partial charge is 0.243 e. The Morgan fingerprint density at radius 2 is 1.92 bits per heavy atom. The fraction of sp³-hybridized carbons (Fsp3) is 0.353. The molecule has 1 atom stereocenters. The van der Waals surface area contributed by atoms with Crippen LogP contribution in [0.25, 0.3) is 5.69 Å². The molecule has 0 fully saturated rings. The van der Waals surface area contributed by atoms with Gasteiger partial charge >= 0.3 is 0 Å². The van der Waals surface area contributed by atoms with Crippen molar-refractivity contribution in [1.82, 2.24) is 15.1 Å². The fourth-order valence-electron chi connectivity index (χ4n) is 2.24. The lowest BCUT2D eigenvalue weighted by Crippen LogP contribution is -2.44. The summed E-state index contributed by atoms with van der Waals surface area (Å²) in [5.41, 5.74) is 7.31. The van der Waals surface area contributed by atoms with Crippen LogP contribution in [0.2, 0.25) is 0 Å². The molecule has 8 heteroatoms. The maximum atomic E-state index is 11.9. The molecule has 1 aromatic heterocycles. The van der Waals surface area contributed by atoms with Crippen LogP contribution in [0.5, 0.6) is 0 Å². The lowest BCUT2D eigenvalue weighted by atomic mass is 10.0. The van der Waals surface area contributed by atoms with Gasteiger partial charge in [0.25, 0.3) is 0 Å². The van der Waals surface area contributed by atoms with Crippen molar-refractivity contribution in [2.45, 2.75) is 26.3 Å². The van der Waals surface area contributed by atoms with Crippen LogP contribution in [0.1, 0.15) is 20.3 Å². The first-order valence-corrected chi connectivity index (χ1v) is 7.89. The predicted molar refractivity (Wildman–Crippen MR) is 99.9 cm³/mol. The molecule has 0 aliphatic carbocycles. The number of nitrogens with zero attached hydrogens (tertiary/aromatic N) is 2. The predicted octanol–water partition coefficient (Wildman–Crippen LogP) is 1.72. The van der Waals surface area contributed by atoms with Gasteiger partial charge in [-0.05, 0) is 42.7 Å². The summed E-state index contributed by atoms with van der Waals surface area (Å²) in [7, 11) is 0. The molecule has 0 saturated carbocycles. The van der Waals surface area contributed by atoms with Gasteiger partial charge in [0.1, 0.15) is 0 Å². The Kier molecular flexibility index (Phi) is 8.10. The van der Waals surface area contributed by atoms with E-state index in [-0.39, 0.29) is 30.8 Å². The molecule has 0 aliphatic heterocycles. The van der Waals surface area contributed by atoms with Crippen molar-refractivity contribution >= 4 is 29.9 Å². The minimum Gasteiger partial charge on any atom is -0.346 e. The van der Waals surface area contributed by atoms with Crippen LogP contribution >= 0.6 is 12.4 Å². The van der Waals surface area contributed by atoms with Gasteiger partial charge in [-0.1, -0.05) is 13.8 Å². The number of hydrogen-bond acceptors (Lipinski definition) is 4. The molecule has 0 spiro atoms. The van der Waals surface area contributed by atoms with Gasteiger partial charge < -0.3 is 16.4 Å². The number of nitrogens with one attached hydrogen (secondary N) is 2. The van der Waals surface area contributed by atoms with E-state index >= 15 is 0 Å². The highest BCUT2D eigenvalue weighted by Crippen LogP contribution is 2.12. The molecule has 0 saturated heterocycles. The van der Waals surface area contributed by atoms with Crippen LogP contribution in [0.4, 0.5) is 5.69 Å². The van der Waals surface area contributed by atoms with Crippen LogP contribution in [0, 0.1) is 5.92 Å². The first kappa shape index (κ1) is 20.7. The molecule has 25 heavy (non-hydrogen) atoms. The van der Waals surface area contributed by atoms with E-state index in [2.05, 4.69) is 15.7 Å². The first-order valence-electron chi connectivity index (χ1n) is 7.89. The minimum atomic E-state index is -0.592. The molecular weight excluding hydrogens is 342 g/mol. The summed E-state index contributed by atoms with van der Waals surface area (Å²) in [5.74, 6) is -0.285. The molecule has 2 aromatic rings. The molecule has 1 aromatic carbocycles. The molecule has 1 heterocycles. The van der Waals surface area contributed by atoms with Crippen LogP contribution < -0.4 is 16.4 Å². The fourth-order valence-corrected chi connectivity index (χ4v) is 2.24. The standard InChI is InChI=1S/C17H23N5O2.ClH/c1-12(2)10-15(18)17(24)19-11-16(23)21-13-4-6-14(7-5-13)22-9-3-8-20-22;/h3-9,12,15H,10-11,18H2,1-2H3,(H,19,24)(H,21,23);1H/t15-;/m0./s1. The van der Waals surface area contributed by atoms with Crippen molar-refractivity contribution in [3.8, 4) is 5.69 Å². The van der Waals surface area contributed by atoms with Gasteiger partial charge in [0.05, 0.1) is 18.3 Å². The van der Waals surface area contributed by atoms with Crippen molar-refractivity contribution in [3.63, 3.8) is 0 Å². The Morgan fingerprint density at radius 1 is 1.24 bits per heavy atom. The monoisotopic (exact) mass is 365 g/mol. The summed E-state index contributed by atoms with van der Waals surface area (Å²) in [5, 5.41) is 9.41. The molecule has 0 aliphatic rings. The van der Waals surface area contributed by atoms with Crippen molar-refractivity contribution in [3.05, 3.63) is 42.7 Å². The Bertz CT molecular complexity index is 671. The highest BCUT2D eigenvalue weighted by Gasteiger charge is 2.15. The average Bonchev–Trinajstić information content (AvgIpc) is 3.07. The number of aromatic nitrogens is 2. The van der Waals surface area contributed by atoms with E-state index in [1.54, 1.807) is 23.0 Å². The van der Waals surface area contributed by atoms with E-state index in [0.717, 1.165) is 5.69 Å². The number of amides is 2. The summed E-state index contributed by atoms with van der Waals surface area (Å²) in [6.07, 6.45) is 4.12. The number of nitrogens with two attached hydrogens (primary N) is 1.